The molecule has 2 saturated heterocycles. The average molecular weight is 381 g/mol. The van der Waals surface area contributed by atoms with Crippen LogP contribution < -0.4 is 10.0 Å². The van der Waals surface area contributed by atoms with Crippen LogP contribution in [-0.4, -0.2) is 58.1 Å². The maximum absolute atomic E-state index is 12.3. The van der Waals surface area contributed by atoms with Crippen LogP contribution in [0, 0.1) is 0 Å². The van der Waals surface area contributed by atoms with Crippen molar-refractivity contribution in [1.29, 1.82) is 0 Å². The second-order valence-corrected chi connectivity index (χ2v) is 8.66. The molecule has 0 saturated carbocycles. The number of rotatable bonds is 7. The molecule has 0 radical (unpaired) electrons. The minimum absolute atomic E-state index is 0.0434. The van der Waals surface area contributed by atoms with Crippen LogP contribution in [0.25, 0.3) is 0 Å². The topological polar surface area (TPSA) is 87.7 Å². The van der Waals surface area contributed by atoms with Crippen molar-refractivity contribution in [2.75, 3.05) is 38.1 Å². The summed E-state index contributed by atoms with van der Waals surface area (Å²) < 4.78 is 32.7. The fraction of sp³-hybridized carbons (Fsp3) is 0.611. The van der Waals surface area contributed by atoms with E-state index >= 15 is 0 Å². The first kappa shape index (κ1) is 19.3. The molecule has 2 N–H and O–H groups in total. The molecule has 3 rings (SSSR count). The van der Waals surface area contributed by atoms with E-state index in [1.807, 2.05) is 0 Å². The molecule has 1 aromatic rings. The number of hydrogen-bond donors (Lipinski definition) is 2. The SMILES string of the molecule is O=C(CN1CCCCC1)Nc1ccc(S(=O)(=O)NCC2CCCO2)cc1. The molecule has 0 aromatic heterocycles. The Hall–Kier alpha value is -1.48. The first-order valence-electron chi connectivity index (χ1n) is 9.26. The zero-order valence-corrected chi connectivity index (χ0v) is 15.8. The molecular formula is C18H27N3O4S. The van der Waals surface area contributed by atoms with Gasteiger partial charge in [0, 0.05) is 18.8 Å². The standard InChI is InChI=1S/C18H27N3O4S/c22-18(14-21-10-2-1-3-11-21)20-15-6-8-17(9-7-15)26(23,24)19-13-16-5-4-12-25-16/h6-9,16,19H,1-5,10-14H2,(H,20,22). The molecule has 1 atom stereocenters. The lowest BCUT2D eigenvalue weighted by atomic mass is 10.1. The van der Waals surface area contributed by atoms with E-state index in [1.165, 1.54) is 18.6 Å². The molecule has 144 valence electrons. The average Bonchev–Trinajstić information content (AvgIpc) is 3.15. The zero-order chi connectivity index (χ0) is 18.4. The van der Waals surface area contributed by atoms with Crippen molar-refractivity contribution in [2.24, 2.45) is 0 Å². The minimum Gasteiger partial charge on any atom is -0.377 e. The highest BCUT2D eigenvalue weighted by atomic mass is 32.2. The molecule has 2 fully saturated rings. The van der Waals surface area contributed by atoms with E-state index in [0.717, 1.165) is 38.8 Å². The summed E-state index contributed by atoms with van der Waals surface area (Å²) in [4.78, 5) is 14.4. The zero-order valence-electron chi connectivity index (χ0n) is 14.9. The highest BCUT2D eigenvalue weighted by Crippen LogP contribution is 2.16. The van der Waals surface area contributed by atoms with Crippen LogP contribution in [-0.2, 0) is 19.6 Å². The maximum atomic E-state index is 12.3. The summed E-state index contributed by atoms with van der Waals surface area (Å²) in [5.74, 6) is -0.0704. The van der Waals surface area contributed by atoms with Crippen molar-refractivity contribution in [3.63, 3.8) is 0 Å². The number of ether oxygens (including phenoxy) is 1. The van der Waals surface area contributed by atoms with E-state index in [4.69, 9.17) is 4.74 Å². The first-order chi connectivity index (χ1) is 12.5. The van der Waals surface area contributed by atoms with Gasteiger partial charge in [0.1, 0.15) is 0 Å². The lowest BCUT2D eigenvalue weighted by molar-refractivity contribution is -0.117. The Morgan fingerprint density at radius 3 is 2.50 bits per heavy atom. The van der Waals surface area contributed by atoms with Crippen LogP contribution in [0.1, 0.15) is 32.1 Å². The number of amides is 1. The Labute approximate surface area is 155 Å². The molecule has 1 unspecified atom stereocenters. The summed E-state index contributed by atoms with van der Waals surface area (Å²) in [6, 6.07) is 6.26. The van der Waals surface area contributed by atoms with Crippen molar-refractivity contribution < 1.29 is 17.9 Å². The molecule has 2 aliphatic rings. The van der Waals surface area contributed by atoms with Gasteiger partial charge in [-0.25, -0.2) is 13.1 Å². The number of likely N-dealkylation sites (tertiary alicyclic amines) is 1. The van der Waals surface area contributed by atoms with Gasteiger partial charge in [-0.1, -0.05) is 6.42 Å². The smallest absolute Gasteiger partial charge is 0.240 e. The number of carbonyl (C=O) groups excluding carboxylic acids is 1. The third kappa shape index (κ3) is 5.51. The van der Waals surface area contributed by atoms with Crippen LogP contribution >= 0.6 is 0 Å². The Balaban J connectivity index is 1.51. The number of hydrogen-bond acceptors (Lipinski definition) is 5. The summed E-state index contributed by atoms with van der Waals surface area (Å²) in [7, 11) is -3.57. The van der Waals surface area contributed by atoms with Crippen molar-refractivity contribution in [3.8, 4) is 0 Å². The van der Waals surface area contributed by atoms with Crippen LogP contribution in [0.15, 0.2) is 29.2 Å². The third-order valence-electron chi connectivity index (χ3n) is 4.79. The summed E-state index contributed by atoms with van der Waals surface area (Å²) in [5, 5.41) is 2.83. The third-order valence-corrected chi connectivity index (χ3v) is 6.23. The molecule has 26 heavy (non-hydrogen) atoms. The summed E-state index contributed by atoms with van der Waals surface area (Å²) in [6.07, 6.45) is 5.31. The quantitative estimate of drug-likeness (QED) is 0.749. The molecular weight excluding hydrogens is 354 g/mol. The number of benzene rings is 1. The van der Waals surface area contributed by atoms with Gasteiger partial charge in [0.25, 0.3) is 0 Å². The Kier molecular flexibility index (Phi) is 6.63. The number of carbonyl (C=O) groups is 1. The van der Waals surface area contributed by atoms with Crippen molar-refractivity contribution in [3.05, 3.63) is 24.3 Å². The van der Waals surface area contributed by atoms with Gasteiger partial charge in [-0.2, -0.15) is 0 Å². The monoisotopic (exact) mass is 381 g/mol. The number of sulfonamides is 1. The maximum Gasteiger partial charge on any atom is 0.240 e. The fourth-order valence-corrected chi connectivity index (χ4v) is 4.40. The molecule has 0 spiro atoms. The van der Waals surface area contributed by atoms with Crippen LogP contribution in [0.5, 0.6) is 0 Å². The molecule has 1 amide bonds. The van der Waals surface area contributed by atoms with Gasteiger partial charge in [-0.3, -0.25) is 9.69 Å². The molecule has 8 heteroatoms. The van der Waals surface area contributed by atoms with Gasteiger partial charge in [0.15, 0.2) is 0 Å². The number of nitrogens with one attached hydrogen (secondary N) is 2. The Bertz CT molecular complexity index is 694. The molecule has 7 nitrogen and oxygen atoms in total. The second kappa shape index (κ2) is 8.94. The van der Waals surface area contributed by atoms with Crippen molar-refractivity contribution in [1.82, 2.24) is 9.62 Å². The van der Waals surface area contributed by atoms with Gasteiger partial charge in [-0.15, -0.1) is 0 Å². The molecule has 1 aromatic carbocycles. The summed E-state index contributed by atoms with van der Waals surface area (Å²) >= 11 is 0. The Morgan fingerprint density at radius 2 is 1.85 bits per heavy atom. The lowest BCUT2D eigenvalue weighted by Gasteiger charge is -2.25. The molecule has 0 bridgehead atoms. The minimum atomic E-state index is -3.57. The van der Waals surface area contributed by atoms with E-state index in [-0.39, 0.29) is 23.5 Å². The second-order valence-electron chi connectivity index (χ2n) is 6.90. The summed E-state index contributed by atoms with van der Waals surface area (Å²) in [6.45, 7) is 3.28. The van der Waals surface area contributed by atoms with Gasteiger partial charge >= 0.3 is 0 Å². The largest absolute Gasteiger partial charge is 0.377 e. The number of nitrogens with zero attached hydrogens (tertiary/aromatic N) is 1. The van der Waals surface area contributed by atoms with Gasteiger partial charge in [0.05, 0.1) is 17.5 Å². The normalized spacial score (nSPS) is 21.6. The van der Waals surface area contributed by atoms with Gasteiger partial charge < -0.3 is 10.1 Å². The van der Waals surface area contributed by atoms with E-state index in [9.17, 15) is 13.2 Å². The highest BCUT2D eigenvalue weighted by molar-refractivity contribution is 7.89. The predicted octanol–water partition coefficient (Wildman–Crippen LogP) is 1.57. The molecule has 2 heterocycles. The van der Waals surface area contributed by atoms with Crippen LogP contribution in [0.4, 0.5) is 5.69 Å². The van der Waals surface area contributed by atoms with Gasteiger partial charge in [-0.05, 0) is 63.0 Å². The predicted molar refractivity (Wildman–Crippen MR) is 99.5 cm³/mol. The molecule has 0 aliphatic carbocycles. The van der Waals surface area contributed by atoms with Crippen molar-refractivity contribution >= 4 is 21.6 Å². The fourth-order valence-electron chi connectivity index (χ4n) is 3.33. The summed E-state index contributed by atoms with van der Waals surface area (Å²) in [5.41, 5.74) is 0.602. The van der Waals surface area contributed by atoms with Crippen molar-refractivity contribution in [2.45, 2.75) is 43.1 Å². The van der Waals surface area contributed by atoms with E-state index in [0.29, 0.717) is 18.8 Å². The van der Waals surface area contributed by atoms with Crippen LogP contribution in [0.2, 0.25) is 0 Å². The number of anilines is 1. The lowest BCUT2D eigenvalue weighted by Crippen LogP contribution is -2.36. The molecule has 2 aliphatic heterocycles. The highest BCUT2D eigenvalue weighted by Gasteiger charge is 2.20. The first-order valence-corrected chi connectivity index (χ1v) is 10.7. The van der Waals surface area contributed by atoms with Crippen LogP contribution in [0.3, 0.4) is 0 Å². The Morgan fingerprint density at radius 1 is 1.12 bits per heavy atom. The number of piperidine rings is 1. The van der Waals surface area contributed by atoms with E-state index < -0.39 is 10.0 Å². The van der Waals surface area contributed by atoms with E-state index in [2.05, 4.69) is 14.9 Å². The van der Waals surface area contributed by atoms with Gasteiger partial charge in [0.2, 0.25) is 15.9 Å². The van der Waals surface area contributed by atoms with E-state index in [1.54, 1.807) is 12.1 Å².